The van der Waals surface area contributed by atoms with Crippen molar-refractivity contribution in [2.75, 3.05) is 27.3 Å². The summed E-state index contributed by atoms with van der Waals surface area (Å²) in [5.74, 6) is 1.35. The minimum absolute atomic E-state index is 0.0290. The van der Waals surface area contributed by atoms with Gasteiger partial charge in [0.15, 0.2) is 11.5 Å². The first-order valence-corrected chi connectivity index (χ1v) is 11.7. The summed E-state index contributed by atoms with van der Waals surface area (Å²) in [6.07, 6.45) is 5.42. The second-order valence-electron chi connectivity index (χ2n) is 8.35. The van der Waals surface area contributed by atoms with Crippen LogP contribution in [0, 0.1) is 11.3 Å². The zero-order valence-electron chi connectivity index (χ0n) is 18.1. The Bertz CT molecular complexity index is 961. The number of amides is 1. The number of thiophene rings is 1. The summed E-state index contributed by atoms with van der Waals surface area (Å²) in [5.41, 5.74) is 1.65. The normalized spacial score (nSPS) is 20.4. The van der Waals surface area contributed by atoms with Crippen LogP contribution >= 0.6 is 11.3 Å². The third-order valence-electron chi connectivity index (χ3n) is 6.43. The van der Waals surface area contributed by atoms with Crippen LogP contribution in [0.25, 0.3) is 0 Å². The van der Waals surface area contributed by atoms with Gasteiger partial charge in [-0.25, -0.2) is 0 Å². The molecule has 164 valence electrons. The molecule has 1 atom stereocenters. The Morgan fingerprint density at radius 3 is 2.65 bits per heavy atom. The van der Waals surface area contributed by atoms with Crippen molar-refractivity contribution in [2.45, 2.75) is 50.1 Å². The number of carbonyl (C=O) groups excluding carboxylic acids is 1. The highest BCUT2D eigenvalue weighted by Crippen LogP contribution is 2.42. The van der Waals surface area contributed by atoms with Gasteiger partial charge in [0, 0.05) is 11.4 Å². The molecule has 1 N–H and O–H groups in total. The number of methoxy groups -OCH3 is 2. The molecule has 1 aromatic carbocycles. The van der Waals surface area contributed by atoms with E-state index in [1.807, 2.05) is 12.1 Å². The lowest BCUT2D eigenvalue weighted by atomic mass is 9.83. The summed E-state index contributed by atoms with van der Waals surface area (Å²) < 4.78 is 11.1. The average Bonchev–Trinajstić information content (AvgIpc) is 3.33. The van der Waals surface area contributed by atoms with Crippen molar-refractivity contribution >= 4 is 17.2 Å². The quantitative estimate of drug-likeness (QED) is 0.735. The number of ether oxygens (including phenoxy) is 2. The monoisotopic (exact) mass is 439 g/mol. The minimum Gasteiger partial charge on any atom is -0.493 e. The molecule has 1 saturated carbocycles. The summed E-state index contributed by atoms with van der Waals surface area (Å²) in [7, 11) is 3.29. The summed E-state index contributed by atoms with van der Waals surface area (Å²) in [5, 5.41) is 14.9. The number of fused-ring (bicyclic) bond motifs is 1. The van der Waals surface area contributed by atoms with Crippen molar-refractivity contribution in [3.05, 3.63) is 45.6 Å². The van der Waals surface area contributed by atoms with E-state index < -0.39 is 5.54 Å². The molecule has 0 saturated heterocycles. The van der Waals surface area contributed by atoms with E-state index in [0.29, 0.717) is 5.75 Å². The van der Waals surface area contributed by atoms with E-state index >= 15 is 0 Å². The lowest BCUT2D eigenvalue weighted by Crippen LogP contribution is -2.52. The van der Waals surface area contributed by atoms with Crippen LogP contribution < -0.4 is 14.8 Å². The van der Waals surface area contributed by atoms with E-state index in [9.17, 15) is 10.1 Å². The average molecular weight is 440 g/mol. The number of hydrogen-bond donors (Lipinski definition) is 1. The van der Waals surface area contributed by atoms with Crippen LogP contribution in [0.15, 0.2) is 29.6 Å². The van der Waals surface area contributed by atoms with Gasteiger partial charge in [-0.2, -0.15) is 5.26 Å². The molecule has 2 heterocycles. The van der Waals surface area contributed by atoms with Gasteiger partial charge in [0.2, 0.25) is 5.91 Å². The van der Waals surface area contributed by atoms with Crippen molar-refractivity contribution in [2.24, 2.45) is 0 Å². The molecule has 1 aliphatic carbocycles. The lowest BCUT2D eigenvalue weighted by molar-refractivity contribution is -0.124. The van der Waals surface area contributed by atoms with E-state index in [2.05, 4.69) is 33.8 Å². The molecule has 1 amide bonds. The van der Waals surface area contributed by atoms with Crippen LogP contribution in [-0.4, -0.2) is 43.7 Å². The summed E-state index contributed by atoms with van der Waals surface area (Å²) in [6, 6.07) is 10.6. The Morgan fingerprint density at radius 2 is 2.00 bits per heavy atom. The highest BCUT2D eigenvalue weighted by molar-refractivity contribution is 7.10. The maximum absolute atomic E-state index is 13.0. The first kappa shape index (κ1) is 21.7. The van der Waals surface area contributed by atoms with Crippen molar-refractivity contribution in [3.8, 4) is 17.6 Å². The fourth-order valence-electron chi connectivity index (χ4n) is 4.86. The van der Waals surface area contributed by atoms with Crippen LogP contribution in [0.3, 0.4) is 0 Å². The van der Waals surface area contributed by atoms with Crippen LogP contribution in [0.5, 0.6) is 11.5 Å². The topological polar surface area (TPSA) is 74.6 Å². The predicted octanol–water partition coefficient (Wildman–Crippen LogP) is 4.06. The number of rotatable bonds is 6. The Labute approximate surface area is 187 Å². The van der Waals surface area contributed by atoms with Crippen molar-refractivity contribution in [3.63, 3.8) is 0 Å². The molecule has 0 radical (unpaired) electrons. The molecule has 4 rings (SSSR count). The van der Waals surface area contributed by atoms with E-state index in [1.54, 1.807) is 25.6 Å². The number of benzene rings is 1. The van der Waals surface area contributed by atoms with Crippen LogP contribution in [0.4, 0.5) is 0 Å². The van der Waals surface area contributed by atoms with Gasteiger partial charge in [0.25, 0.3) is 0 Å². The van der Waals surface area contributed by atoms with Gasteiger partial charge in [-0.3, -0.25) is 9.69 Å². The predicted molar refractivity (Wildman–Crippen MR) is 121 cm³/mol. The number of carbonyl (C=O) groups is 1. The zero-order chi connectivity index (χ0) is 21.8. The van der Waals surface area contributed by atoms with Crippen LogP contribution in [-0.2, 0) is 11.2 Å². The Balaban J connectivity index is 1.61. The zero-order valence-corrected chi connectivity index (χ0v) is 19.0. The first-order chi connectivity index (χ1) is 15.1. The van der Waals surface area contributed by atoms with E-state index in [1.165, 1.54) is 10.4 Å². The third-order valence-corrected chi connectivity index (χ3v) is 7.36. The van der Waals surface area contributed by atoms with Gasteiger partial charge in [-0.1, -0.05) is 25.3 Å². The molecule has 31 heavy (non-hydrogen) atoms. The molecule has 1 aliphatic heterocycles. The molecule has 0 spiro atoms. The summed E-state index contributed by atoms with van der Waals surface area (Å²) in [6.45, 7) is 1.03. The second-order valence-corrected chi connectivity index (χ2v) is 9.33. The van der Waals surface area contributed by atoms with Gasteiger partial charge in [0.1, 0.15) is 5.54 Å². The molecule has 7 heteroatoms. The van der Waals surface area contributed by atoms with Gasteiger partial charge in [-0.05, 0) is 54.0 Å². The molecule has 6 nitrogen and oxygen atoms in total. The minimum atomic E-state index is -0.710. The van der Waals surface area contributed by atoms with Gasteiger partial charge in [0.05, 0.1) is 32.9 Å². The fourth-order valence-corrected chi connectivity index (χ4v) is 5.74. The number of nitriles is 1. The molecule has 1 aromatic heterocycles. The fraction of sp³-hybridized carbons (Fsp3) is 0.500. The molecule has 1 fully saturated rings. The highest BCUT2D eigenvalue weighted by atomic mass is 32.1. The van der Waals surface area contributed by atoms with Gasteiger partial charge >= 0.3 is 0 Å². The summed E-state index contributed by atoms with van der Waals surface area (Å²) in [4.78, 5) is 16.4. The van der Waals surface area contributed by atoms with Crippen LogP contribution in [0.2, 0.25) is 0 Å². The third kappa shape index (κ3) is 4.41. The standard InChI is InChI=1S/C24H29N3O3S/c1-29-19-13-17-8-11-27(15-22(28)26-24(16-25)9-4-3-5-10-24)23(21-7-6-12-31-21)18(17)14-20(19)30-2/h6-7,12-14,23H,3-5,8-11,15H2,1-2H3,(H,26,28)/t23-/m0/s1. The van der Waals surface area contributed by atoms with E-state index in [-0.39, 0.29) is 18.5 Å². The molecule has 0 unspecified atom stereocenters. The van der Waals surface area contributed by atoms with Crippen molar-refractivity contribution in [1.82, 2.24) is 10.2 Å². The maximum atomic E-state index is 13.0. The van der Waals surface area contributed by atoms with Crippen molar-refractivity contribution in [1.29, 1.82) is 5.26 Å². The Morgan fingerprint density at radius 1 is 1.26 bits per heavy atom. The second kappa shape index (κ2) is 9.29. The number of hydrogen-bond acceptors (Lipinski definition) is 6. The van der Waals surface area contributed by atoms with Crippen molar-refractivity contribution < 1.29 is 14.3 Å². The molecule has 2 aliphatic rings. The van der Waals surface area contributed by atoms with Crippen LogP contribution in [0.1, 0.15) is 54.1 Å². The van der Waals surface area contributed by atoms with E-state index in [0.717, 1.165) is 56.4 Å². The lowest BCUT2D eigenvalue weighted by Gasteiger charge is -2.38. The Kier molecular flexibility index (Phi) is 6.49. The highest BCUT2D eigenvalue weighted by Gasteiger charge is 2.36. The summed E-state index contributed by atoms with van der Waals surface area (Å²) >= 11 is 1.69. The van der Waals surface area contributed by atoms with Gasteiger partial charge < -0.3 is 14.8 Å². The molecule has 2 aromatic rings. The number of nitrogens with zero attached hydrogens (tertiary/aromatic N) is 2. The maximum Gasteiger partial charge on any atom is 0.235 e. The SMILES string of the molecule is COc1cc2c(cc1OC)[C@@H](c1cccs1)N(CC(=O)NC1(C#N)CCCCC1)CC2. The molecular formula is C24H29N3O3S. The molecule has 0 bridgehead atoms. The first-order valence-electron chi connectivity index (χ1n) is 10.8. The largest absolute Gasteiger partial charge is 0.493 e. The van der Waals surface area contributed by atoms with E-state index in [4.69, 9.17) is 9.47 Å². The number of nitrogens with one attached hydrogen (secondary N) is 1. The molecular weight excluding hydrogens is 410 g/mol. The Hall–Kier alpha value is -2.56. The smallest absolute Gasteiger partial charge is 0.235 e. The van der Waals surface area contributed by atoms with Gasteiger partial charge in [-0.15, -0.1) is 11.3 Å².